The molecule has 0 radical (unpaired) electrons. The summed E-state index contributed by atoms with van der Waals surface area (Å²) < 4.78 is 0. The van der Waals surface area contributed by atoms with Crippen LogP contribution in [0.1, 0.15) is 30.4 Å². The maximum Gasteiger partial charge on any atom is 0.0403 e. The third-order valence-corrected chi connectivity index (χ3v) is 4.83. The quantitative estimate of drug-likeness (QED) is 0.827. The molecule has 1 saturated heterocycles. The van der Waals surface area contributed by atoms with Gasteiger partial charge in [0.15, 0.2) is 0 Å². The van der Waals surface area contributed by atoms with Gasteiger partial charge in [0.1, 0.15) is 0 Å². The molecule has 3 rings (SSSR count). The zero-order chi connectivity index (χ0) is 13.4. The minimum Gasteiger partial charge on any atom is -0.398 e. The van der Waals surface area contributed by atoms with Crippen molar-refractivity contribution in [2.75, 3.05) is 37.8 Å². The van der Waals surface area contributed by atoms with Gasteiger partial charge < -0.3 is 15.5 Å². The van der Waals surface area contributed by atoms with Crippen molar-refractivity contribution in [2.24, 2.45) is 0 Å². The van der Waals surface area contributed by atoms with E-state index >= 15 is 0 Å². The maximum absolute atomic E-state index is 6.11. The largest absolute Gasteiger partial charge is 0.398 e. The van der Waals surface area contributed by atoms with E-state index in [0.717, 1.165) is 11.7 Å². The fraction of sp³-hybridized carbons (Fsp3) is 0.625. The first kappa shape index (κ1) is 12.8. The Hall–Kier alpha value is -1.22. The number of piperidine rings is 1. The Morgan fingerprint density at radius 3 is 2.47 bits per heavy atom. The van der Waals surface area contributed by atoms with E-state index in [4.69, 9.17) is 5.73 Å². The van der Waals surface area contributed by atoms with Crippen molar-refractivity contribution in [1.29, 1.82) is 0 Å². The van der Waals surface area contributed by atoms with Gasteiger partial charge in [-0.3, -0.25) is 0 Å². The minimum absolute atomic E-state index is 0.748. The van der Waals surface area contributed by atoms with Gasteiger partial charge in [-0.05, 0) is 69.5 Å². The summed E-state index contributed by atoms with van der Waals surface area (Å²) in [4.78, 5) is 4.94. The van der Waals surface area contributed by atoms with Crippen LogP contribution in [0.3, 0.4) is 0 Å². The summed E-state index contributed by atoms with van der Waals surface area (Å²) in [6, 6.07) is 5.10. The summed E-state index contributed by atoms with van der Waals surface area (Å²) in [5, 5.41) is 0. The first-order valence-electron chi connectivity index (χ1n) is 7.48. The van der Waals surface area contributed by atoms with Gasteiger partial charge in [-0.15, -0.1) is 0 Å². The zero-order valence-corrected chi connectivity index (χ0v) is 12.2. The highest BCUT2D eigenvalue weighted by atomic mass is 15.2. The van der Waals surface area contributed by atoms with Gasteiger partial charge in [-0.1, -0.05) is 0 Å². The summed E-state index contributed by atoms with van der Waals surface area (Å²) >= 11 is 0. The third-order valence-electron chi connectivity index (χ3n) is 4.83. The molecule has 1 aromatic carbocycles. The molecule has 0 bridgehead atoms. The number of nitrogen functional groups attached to an aromatic ring is 1. The van der Waals surface area contributed by atoms with E-state index in [0.29, 0.717) is 0 Å². The number of nitrogens with two attached hydrogens (primary N) is 1. The molecule has 0 saturated carbocycles. The van der Waals surface area contributed by atoms with Gasteiger partial charge in [-0.2, -0.15) is 0 Å². The molecule has 19 heavy (non-hydrogen) atoms. The Balaban J connectivity index is 1.79. The Kier molecular flexibility index (Phi) is 3.40. The second-order valence-corrected chi connectivity index (χ2v) is 6.17. The fourth-order valence-corrected chi connectivity index (χ4v) is 3.63. The highest BCUT2D eigenvalue weighted by molar-refractivity contribution is 5.66. The number of hydrogen-bond donors (Lipinski definition) is 1. The molecule has 1 aliphatic carbocycles. The second-order valence-electron chi connectivity index (χ2n) is 6.17. The van der Waals surface area contributed by atoms with Crippen LogP contribution in [0.4, 0.5) is 11.4 Å². The number of hydrogen-bond acceptors (Lipinski definition) is 3. The highest BCUT2D eigenvalue weighted by Gasteiger charge is 2.25. The van der Waals surface area contributed by atoms with Crippen LogP contribution in [0.25, 0.3) is 0 Å². The molecule has 1 fully saturated rings. The predicted molar refractivity (Wildman–Crippen MR) is 81.8 cm³/mol. The standard InChI is InChI=1S/C16H25N3/c1-18(2)12-8-10-19(11-9-12)16-7-6-15(17)13-4-3-5-14(13)16/h6-7,12H,3-5,8-11,17H2,1-2H3. The number of fused-ring (bicyclic) bond motifs is 1. The molecular formula is C16H25N3. The molecule has 2 N–H and O–H groups in total. The van der Waals surface area contributed by atoms with Crippen LogP contribution < -0.4 is 10.6 Å². The maximum atomic E-state index is 6.11. The molecule has 0 amide bonds. The third kappa shape index (κ3) is 2.32. The van der Waals surface area contributed by atoms with E-state index in [-0.39, 0.29) is 0 Å². The summed E-state index contributed by atoms with van der Waals surface area (Å²) in [5.41, 5.74) is 11.5. The van der Waals surface area contributed by atoms with Crippen molar-refractivity contribution in [1.82, 2.24) is 4.90 Å². The minimum atomic E-state index is 0.748. The first-order valence-corrected chi connectivity index (χ1v) is 7.48. The fourth-order valence-electron chi connectivity index (χ4n) is 3.63. The predicted octanol–water partition coefficient (Wildman–Crippen LogP) is 2.29. The lowest BCUT2D eigenvalue weighted by Crippen LogP contribution is -2.42. The lowest BCUT2D eigenvalue weighted by Gasteiger charge is -2.37. The van der Waals surface area contributed by atoms with E-state index in [1.54, 1.807) is 0 Å². The molecule has 2 aliphatic rings. The van der Waals surface area contributed by atoms with Crippen LogP contribution in [0.2, 0.25) is 0 Å². The van der Waals surface area contributed by atoms with E-state index in [1.807, 2.05) is 0 Å². The topological polar surface area (TPSA) is 32.5 Å². The Morgan fingerprint density at radius 1 is 1.11 bits per heavy atom. The molecule has 1 heterocycles. The van der Waals surface area contributed by atoms with Gasteiger partial charge in [0, 0.05) is 30.5 Å². The molecule has 0 unspecified atom stereocenters. The summed E-state index contributed by atoms with van der Waals surface area (Å²) in [7, 11) is 4.39. The van der Waals surface area contributed by atoms with E-state index < -0.39 is 0 Å². The average Bonchev–Trinajstić information content (AvgIpc) is 2.89. The van der Waals surface area contributed by atoms with Gasteiger partial charge in [0.2, 0.25) is 0 Å². The van der Waals surface area contributed by atoms with Crippen LogP contribution in [-0.4, -0.2) is 38.1 Å². The molecule has 1 aliphatic heterocycles. The van der Waals surface area contributed by atoms with Crippen molar-refractivity contribution in [3.8, 4) is 0 Å². The Morgan fingerprint density at radius 2 is 1.79 bits per heavy atom. The number of benzene rings is 1. The normalized spacial score (nSPS) is 20.1. The smallest absolute Gasteiger partial charge is 0.0403 e. The molecular weight excluding hydrogens is 234 g/mol. The van der Waals surface area contributed by atoms with Gasteiger partial charge in [0.05, 0.1) is 0 Å². The van der Waals surface area contributed by atoms with Crippen molar-refractivity contribution in [3.63, 3.8) is 0 Å². The van der Waals surface area contributed by atoms with Crippen LogP contribution in [0.15, 0.2) is 12.1 Å². The summed E-state index contributed by atoms with van der Waals surface area (Å²) in [6.07, 6.45) is 6.19. The van der Waals surface area contributed by atoms with Gasteiger partial charge >= 0.3 is 0 Å². The van der Waals surface area contributed by atoms with Crippen molar-refractivity contribution in [3.05, 3.63) is 23.3 Å². The molecule has 1 aromatic rings. The molecule has 0 atom stereocenters. The highest BCUT2D eigenvalue weighted by Crippen LogP contribution is 2.36. The first-order chi connectivity index (χ1) is 9.16. The van der Waals surface area contributed by atoms with Gasteiger partial charge in [0.25, 0.3) is 0 Å². The SMILES string of the molecule is CN(C)C1CCN(c2ccc(N)c3c2CCC3)CC1. The zero-order valence-electron chi connectivity index (χ0n) is 12.2. The number of nitrogens with zero attached hydrogens (tertiary/aromatic N) is 2. The summed E-state index contributed by atoms with van der Waals surface area (Å²) in [6.45, 7) is 2.36. The molecule has 104 valence electrons. The second kappa shape index (κ2) is 5.04. The Labute approximate surface area is 116 Å². The van der Waals surface area contributed by atoms with Crippen molar-refractivity contribution in [2.45, 2.75) is 38.1 Å². The molecule has 0 spiro atoms. The van der Waals surface area contributed by atoms with Crippen molar-refractivity contribution >= 4 is 11.4 Å². The molecule has 0 aromatic heterocycles. The van der Waals surface area contributed by atoms with E-state index in [1.165, 1.54) is 62.0 Å². The molecule has 3 nitrogen and oxygen atoms in total. The monoisotopic (exact) mass is 259 g/mol. The van der Waals surface area contributed by atoms with E-state index in [9.17, 15) is 0 Å². The average molecular weight is 259 g/mol. The lowest BCUT2D eigenvalue weighted by molar-refractivity contribution is 0.249. The van der Waals surface area contributed by atoms with Gasteiger partial charge in [-0.25, -0.2) is 0 Å². The number of rotatable bonds is 2. The van der Waals surface area contributed by atoms with Crippen LogP contribution in [-0.2, 0) is 12.8 Å². The lowest BCUT2D eigenvalue weighted by atomic mass is 10.00. The molecule has 3 heteroatoms. The number of anilines is 2. The van der Waals surface area contributed by atoms with E-state index in [2.05, 4.69) is 36.0 Å². The van der Waals surface area contributed by atoms with Crippen LogP contribution >= 0.6 is 0 Å². The summed E-state index contributed by atoms with van der Waals surface area (Å²) in [5.74, 6) is 0. The Bertz CT molecular complexity index is 459. The van der Waals surface area contributed by atoms with Crippen LogP contribution in [0, 0.1) is 0 Å². The van der Waals surface area contributed by atoms with Crippen LogP contribution in [0.5, 0.6) is 0 Å². The van der Waals surface area contributed by atoms with Crippen molar-refractivity contribution < 1.29 is 0 Å².